The molecule has 0 aliphatic carbocycles. The minimum absolute atomic E-state index is 0.651. The summed E-state index contributed by atoms with van der Waals surface area (Å²) in [6.07, 6.45) is 0. The van der Waals surface area contributed by atoms with E-state index in [4.69, 9.17) is 15.0 Å². The van der Waals surface area contributed by atoms with Crippen LogP contribution in [0.5, 0.6) is 0 Å². The van der Waals surface area contributed by atoms with Crippen LogP contribution in [-0.4, -0.2) is 15.0 Å². The van der Waals surface area contributed by atoms with E-state index in [1.54, 1.807) is 0 Å². The summed E-state index contributed by atoms with van der Waals surface area (Å²) in [5, 5.41) is 0. The van der Waals surface area contributed by atoms with E-state index in [1.165, 1.54) is 47.4 Å². The van der Waals surface area contributed by atoms with Crippen LogP contribution in [0.1, 0.15) is 11.1 Å². The van der Waals surface area contributed by atoms with Crippen LogP contribution in [0.25, 0.3) is 56.4 Å². The lowest BCUT2D eigenvalue weighted by Gasteiger charge is -2.39. The Bertz CT molecular complexity index is 2460. The Balaban J connectivity index is 1.26. The first-order valence-corrected chi connectivity index (χ1v) is 18.9. The molecule has 1 aliphatic rings. The fraction of sp³-hybridized carbons (Fsp3) is 0.0426. The third-order valence-electron chi connectivity index (χ3n) is 9.74. The zero-order valence-electron chi connectivity index (χ0n) is 28.5. The standard InChI is InChI=1S/C47H35N3S/c1-32-17-26-39(27-18-32)51(40-28-19-33(2)20-29-40)43-16-10-9-15-41(43)42-30-25-38(31-44(42)51)47-49-45(36-13-7-4-8-14-36)48-46(50-47)37-23-21-35(22-24-37)34-11-5-3-6-12-34/h3-31H,1-2H3. The second kappa shape index (κ2) is 12.7. The van der Waals surface area contributed by atoms with Gasteiger partial charge in [0.15, 0.2) is 17.5 Å². The quantitative estimate of drug-likeness (QED) is 0.176. The maximum atomic E-state index is 5.18. The zero-order valence-corrected chi connectivity index (χ0v) is 29.3. The van der Waals surface area contributed by atoms with Crippen molar-refractivity contribution in [3.05, 3.63) is 187 Å². The highest BCUT2D eigenvalue weighted by Crippen LogP contribution is 2.80. The Kier molecular flexibility index (Phi) is 7.67. The molecule has 1 aliphatic heterocycles. The van der Waals surface area contributed by atoms with Crippen LogP contribution < -0.4 is 0 Å². The molecule has 0 unspecified atom stereocenters. The van der Waals surface area contributed by atoms with Gasteiger partial charge in [0.2, 0.25) is 0 Å². The molecule has 0 atom stereocenters. The van der Waals surface area contributed by atoms with Crippen molar-refractivity contribution in [2.75, 3.05) is 0 Å². The third-order valence-corrected chi connectivity index (χ3v) is 13.7. The average Bonchev–Trinajstić information content (AvgIpc) is 3.49. The van der Waals surface area contributed by atoms with Gasteiger partial charge in [0.05, 0.1) is 0 Å². The molecule has 0 saturated heterocycles. The number of nitrogens with zero attached hydrogens (tertiary/aromatic N) is 3. The van der Waals surface area contributed by atoms with E-state index < -0.39 is 10.0 Å². The van der Waals surface area contributed by atoms with Gasteiger partial charge in [0.25, 0.3) is 0 Å². The molecule has 1 aromatic heterocycles. The first kappa shape index (κ1) is 30.9. The van der Waals surface area contributed by atoms with Crippen molar-refractivity contribution in [2.24, 2.45) is 0 Å². The molecule has 0 fully saturated rings. The lowest BCUT2D eigenvalue weighted by molar-refractivity contribution is 1.07. The molecule has 7 aromatic carbocycles. The van der Waals surface area contributed by atoms with E-state index in [1.807, 2.05) is 24.3 Å². The molecule has 0 amide bonds. The van der Waals surface area contributed by atoms with Gasteiger partial charge in [-0.25, -0.2) is 15.0 Å². The number of aromatic nitrogens is 3. The minimum atomic E-state index is -1.83. The molecular weight excluding hydrogens is 639 g/mol. The molecule has 0 spiro atoms. The smallest absolute Gasteiger partial charge is 0.164 e. The lowest BCUT2D eigenvalue weighted by atomic mass is 10.0. The highest BCUT2D eigenvalue weighted by atomic mass is 32.3. The minimum Gasteiger partial charge on any atom is -0.208 e. The van der Waals surface area contributed by atoms with Crippen molar-refractivity contribution in [3.8, 4) is 56.4 Å². The van der Waals surface area contributed by atoms with Gasteiger partial charge in [-0.1, -0.05) is 151 Å². The second-order valence-corrected chi connectivity index (χ2v) is 16.1. The molecular formula is C47H35N3S. The van der Waals surface area contributed by atoms with Crippen LogP contribution in [0.3, 0.4) is 0 Å². The highest BCUT2D eigenvalue weighted by molar-refractivity contribution is 8.34. The van der Waals surface area contributed by atoms with Gasteiger partial charge in [-0.15, -0.1) is 10.0 Å². The number of hydrogen-bond donors (Lipinski definition) is 0. The van der Waals surface area contributed by atoms with Gasteiger partial charge in [-0.3, -0.25) is 0 Å². The Labute approximate surface area is 300 Å². The highest BCUT2D eigenvalue weighted by Gasteiger charge is 2.42. The third kappa shape index (κ3) is 5.36. The summed E-state index contributed by atoms with van der Waals surface area (Å²) in [6, 6.07) is 63.2. The fourth-order valence-corrected chi connectivity index (χ4v) is 11.3. The summed E-state index contributed by atoms with van der Waals surface area (Å²) < 4.78 is 0. The summed E-state index contributed by atoms with van der Waals surface area (Å²) in [7, 11) is -1.83. The molecule has 8 aromatic rings. The van der Waals surface area contributed by atoms with Crippen LogP contribution in [0.15, 0.2) is 196 Å². The molecule has 2 heterocycles. The molecule has 0 saturated carbocycles. The number of fused-ring (bicyclic) bond motifs is 3. The summed E-state index contributed by atoms with van der Waals surface area (Å²) in [5.74, 6) is 1.96. The largest absolute Gasteiger partial charge is 0.208 e. The van der Waals surface area contributed by atoms with Gasteiger partial charge in [0, 0.05) is 36.3 Å². The molecule has 51 heavy (non-hydrogen) atoms. The summed E-state index contributed by atoms with van der Waals surface area (Å²) in [4.78, 5) is 20.7. The van der Waals surface area contributed by atoms with Crippen molar-refractivity contribution in [2.45, 2.75) is 33.4 Å². The van der Waals surface area contributed by atoms with E-state index >= 15 is 0 Å². The Morgan fingerprint density at radius 1 is 0.333 bits per heavy atom. The van der Waals surface area contributed by atoms with Crippen molar-refractivity contribution in [1.82, 2.24) is 15.0 Å². The topological polar surface area (TPSA) is 38.7 Å². The molecule has 4 heteroatoms. The lowest BCUT2D eigenvalue weighted by Crippen LogP contribution is -2.03. The van der Waals surface area contributed by atoms with E-state index in [0.717, 1.165) is 22.3 Å². The first-order chi connectivity index (χ1) is 25.1. The van der Waals surface area contributed by atoms with Crippen LogP contribution in [-0.2, 0) is 0 Å². The van der Waals surface area contributed by atoms with E-state index in [0.29, 0.717) is 17.5 Å². The van der Waals surface area contributed by atoms with Gasteiger partial charge in [-0.05, 0) is 72.5 Å². The normalized spacial score (nSPS) is 13.3. The molecule has 244 valence electrons. The summed E-state index contributed by atoms with van der Waals surface area (Å²) in [6.45, 7) is 4.31. The number of aryl methyl sites for hydroxylation is 2. The van der Waals surface area contributed by atoms with E-state index in [2.05, 4.69) is 166 Å². The summed E-state index contributed by atoms with van der Waals surface area (Å²) in [5.41, 5.74) is 10.3. The fourth-order valence-electron chi connectivity index (χ4n) is 7.13. The van der Waals surface area contributed by atoms with Gasteiger partial charge >= 0.3 is 0 Å². The molecule has 0 N–H and O–H groups in total. The van der Waals surface area contributed by atoms with Gasteiger partial charge in [0.1, 0.15) is 0 Å². The first-order valence-electron chi connectivity index (χ1n) is 17.3. The van der Waals surface area contributed by atoms with E-state index in [9.17, 15) is 0 Å². The van der Waals surface area contributed by atoms with Crippen LogP contribution in [0, 0.1) is 13.8 Å². The monoisotopic (exact) mass is 673 g/mol. The van der Waals surface area contributed by atoms with Crippen molar-refractivity contribution in [3.63, 3.8) is 0 Å². The Morgan fingerprint density at radius 3 is 1.33 bits per heavy atom. The van der Waals surface area contributed by atoms with Crippen LogP contribution in [0.2, 0.25) is 0 Å². The Morgan fingerprint density at radius 2 is 0.745 bits per heavy atom. The number of hydrogen-bond acceptors (Lipinski definition) is 3. The predicted molar refractivity (Wildman–Crippen MR) is 210 cm³/mol. The summed E-state index contributed by atoms with van der Waals surface area (Å²) >= 11 is 0. The predicted octanol–water partition coefficient (Wildman–Crippen LogP) is 12.5. The number of rotatable bonds is 6. The molecule has 9 rings (SSSR count). The van der Waals surface area contributed by atoms with Crippen molar-refractivity contribution in [1.29, 1.82) is 0 Å². The average molecular weight is 674 g/mol. The van der Waals surface area contributed by atoms with Gasteiger partial charge in [-0.2, -0.15) is 0 Å². The van der Waals surface area contributed by atoms with Crippen molar-refractivity contribution < 1.29 is 0 Å². The van der Waals surface area contributed by atoms with Crippen LogP contribution in [0.4, 0.5) is 0 Å². The molecule has 0 radical (unpaired) electrons. The maximum absolute atomic E-state index is 5.18. The second-order valence-electron chi connectivity index (χ2n) is 13.1. The SMILES string of the molecule is Cc1ccc(S2(c3ccc(C)cc3)c3ccccc3-c3ccc(-c4nc(-c5ccccc5)nc(-c5ccc(-c6ccccc6)cc5)n4)cc32)cc1. The maximum Gasteiger partial charge on any atom is 0.164 e. The molecule has 0 bridgehead atoms. The Hall–Kier alpha value is -6.10. The van der Waals surface area contributed by atoms with Crippen LogP contribution >= 0.6 is 10.0 Å². The molecule has 3 nitrogen and oxygen atoms in total. The van der Waals surface area contributed by atoms with E-state index in [-0.39, 0.29) is 0 Å². The zero-order chi connectivity index (χ0) is 34.4. The van der Waals surface area contributed by atoms with Gasteiger partial charge < -0.3 is 0 Å². The number of benzene rings is 7. The van der Waals surface area contributed by atoms with Crippen molar-refractivity contribution >= 4 is 10.0 Å².